The van der Waals surface area contributed by atoms with Gasteiger partial charge in [-0.15, -0.1) is 0 Å². The molecule has 0 saturated heterocycles. The quantitative estimate of drug-likeness (QED) is 0.671. The van der Waals surface area contributed by atoms with E-state index < -0.39 is 0 Å². The summed E-state index contributed by atoms with van der Waals surface area (Å²) in [6, 6.07) is 4.95. The monoisotopic (exact) mass is 297 g/mol. The molecule has 5 nitrogen and oxygen atoms in total. The maximum Gasteiger partial charge on any atom is 0.239 e. The Morgan fingerprint density at radius 1 is 1.43 bits per heavy atom. The number of para-hydroxylation sites is 1. The Kier molecular flexibility index (Phi) is 7.71. The molecule has 6 heteroatoms. The molecule has 0 aromatic heterocycles. The van der Waals surface area contributed by atoms with Crippen LogP contribution in [0.4, 0.5) is 10.1 Å². The number of halogens is 1. The number of benzene rings is 1. The van der Waals surface area contributed by atoms with Gasteiger partial charge in [0.2, 0.25) is 5.91 Å². The van der Waals surface area contributed by atoms with Crippen LogP contribution in [0, 0.1) is 5.82 Å². The molecule has 0 unspecified atom stereocenters. The van der Waals surface area contributed by atoms with Crippen LogP contribution < -0.4 is 15.5 Å². The molecular formula is C15H24FN3O2. The fourth-order valence-corrected chi connectivity index (χ4v) is 2.03. The zero-order valence-corrected chi connectivity index (χ0v) is 12.9. The predicted octanol–water partition coefficient (Wildman–Crippen LogP) is 1.13. The minimum Gasteiger partial charge on any atom is -0.383 e. The summed E-state index contributed by atoms with van der Waals surface area (Å²) in [5.41, 5.74) is 1.30. The highest BCUT2D eigenvalue weighted by Gasteiger charge is 2.15. The van der Waals surface area contributed by atoms with Crippen LogP contribution in [0.15, 0.2) is 18.2 Å². The number of amides is 1. The summed E-state index contributed by atoms with van der Waals surface area (Å²) in [6.45, 7) is 4.37. The molecule has 0 aliphatic carbocycles. The number of likely N-dealkylation sites (N-methyl/N-ethyl adjacent to an activating group) is 1. The van der Waals surface area contributed by atoms with E-state index in [9.17, 15) is 9.18 Å². The lowest BCUT2D eigenvalue weighted by molar-refractivity contribution is -0.119. The molecule has 0 atom stereocenters. The highest BCUT2D eigenvalue weighted by atomic mass is 19.1. The lowest BCUT2D eigenvalue weighted by Gasteiger charge is -2.22. The molecule has 1 rings (SSSR count). The second-order valence-corrected chi connectivity index (χ2v) is 4.73. The van der Waals surface area contributed by atoms with Crippen LogP contribution in [0.3, 0.4) is 0 Å². The Labute approximate surface area is 125 Å². The summed E-state index contributed by atoms with van der Waals surface area (Å²) in [4.78, 5) is 13.4. The number of rotatable bonds is 9. The molecule has 1 amide bonds. The standard InChI is InChI=1S/C15H24FN3O2/c1-4-17-10-12-6-5-7-13(16)15(12)19(2)11-14(20)18-8-9-21-3/h5-7,17H,4,8-11H2,1-3H3,(H,18,20). The highest BCUT2D eigenvalue weighted by Crippen LogP contribution is 2.23. The molecule has 2 N–H and O–H groups in total. The summed E-state index contributed by atoms with van der Waals surface area (Å²) in [6.07, 6.45) is 0. The molecule has 1 aromatic rings. The Balaban J connectivity index is 2.71. The third-order valence-electron chi connectivity index (χ3n) is 3.03. The first kappa shape index (κ1) is 17.4. The van der Waals surface area contributed by atoms with Gasteiger partial charge in [0.25, 0.3) is 0 Å². The Morgan fingerprint density at radius 2 is 2.19 bits per heavy atom. The summed E-state index contributed by atoms with van der Waals surface area (Å²) < 4.78 is 18.9. The van der Waals surface area contributed by atoms with Gasteiger partial charge in [-0.25, -0.2) is 4.39 Å². The van der Waals surface area contributed by atoms with E-state index in [1.54, 1.807) is 25.1 Å². The van der Waals surface area contributed by atoms with E-state index in [4.69, 9.17) is 4.74 Å². The van der Waals surface area contributed by atoms with Crippen molar-refractivity contribution < 1.29 is 13.9 Å². The van der Waals surface area contributed by atoms with E-state index in [2.05, 4.69) is 10.6 Å². The van der Waals surface area contributed by atoms with Gasteiger partial charge in [-0.2, -0.15) is 0 Å². The first-order valence-corrected chi connectivity index (χ1v) is 7.05. The minimum absolute atomic E-state index is 0.101. The first-order chi connectivity index (χ1) is 10.1. The van der Waals surface area contributed by atoms with Crippen LogP contribution in [0.1, 0.15) is 12.5 Å². The van der Waals surface area contributed by atoms with Crippen LogP contribution in [-0.4, -0.2) is 46.3 Å². The molecule has 21 heavy (non-hydrogen) atoms. The van der Waals surface area contributed by atoms with Crippen molar-refractivity contribution >= 4 is 11.6 Å². The largest absolute Gasteiger partial charge is 0.383 e. The fraction of sp³-hybridized carbons (Fsp3) is 0.533. The van der Waals surface area contributed by atoms with E-state index >= 15 is 0 Å². The second kappa shape index (κ2) is 9.31. The van der Waals surface area contributed by atoms with Gasteiger partial charge < -0.3 is 20.3 Å². The third kappa shape index (κ3) is 5.69. The maximum absolute atomic E-state index is 14.1. The van der Waals surface area contributed by atoms with Gasteiger partial charge in [0.15, 0.2) is 0 Å². The first-order valence-electron chi connectivity index (χ1n) is 7.05. The second-order valence-electron chi connectivity index (χ2n) is 4.73. The van der Waals surface area contributed by atoms with Crippen LogP contribution in [-0.2, 0) is 16.1 Å². The summed E-state index contributed by atoms with van der Waals surface area (Å²) in [5.74, 6) is -0.482. The molecule has 118 valence electrons. The molecule has 0 aliphatic rings. The average molecular weight is 297 g/mol. The molecule has 0 saturated carbocycles. The van der Waals surface area contributed by atoms with Crippen LogP contribution >= 0.6 is 0 Å². The van der Waals surface area contributed by atoms with E-state index in [1.807, 2.05) is 13.0 Å². The summed E-state index contributed by atoms with van der Waals surface area (Å²) in [5, 5.41) is 5.89. The highest BCUT2D eigenvalue weighted by molar-refractivity contribution is 5.81. The van der Waals surface area contributed by atoms with Crippen molar-refractivity contribution in [3.8, 4) is 0 Å². The van der Waals surface area contributed by atoms with E-state index in [0.717, 1.165) is 12.1 Å². The lowest BCUT2D eigenvalue weighted by Crippen LogP contribution is -2.37. The number of carbonyl (C=O) groups is 1. The molecule has 0 aliphatic heterocycles. The van der Waals surface area contributed by atoms with Gasteiger partial charge in [-0.05, 0) is 18.2 Å². The fourth-order valence-electron chi connectivity index (χ4n) is 2.03. The van der Waals surface area contributed by atoms with E-state index in [1.165, 1.54) is 6.07 Å². The number of hydrogen-bond acceptors (Lipinski definition) is 4. The zero-order chi connectivity index (χ0) is 15.7. The summed E-state index contributed by atoms with van der Waals surface area (Å²) >= 11 is 0. The molecule has 0 spiro atoms. The third-order valence-corrected chi connectivity index (χ3v) is 3.03. The predicted molar refractivity (Wildman–Crippen MR) is 81.9 cm³/mol. The topological polar surface area (TPSA) is 53.6 Å². The van der Waals surface area contributed by atoms with Gasteiger partial charge in [-0.1, -0.05) is 19.1 Å². The van der Waals surface area contributed by atoms with Crippen LogP contribution in [0.5, 0.6) is 0 Å². The minimum atomic E-state index is -0.322. The van der Waals surface area contributed by atoms with Crippen molar-refractivity contribution in [3.63, 3.8) is 0 Å². The van der Waals surface area contributed by atoms with Crippen molar-refractivity contribution in [3.05, 3.63) is 29.6 Å². The number of methoxy groups -OCH3 is 1. The van der Waals surface area contributed by atoms with Crippen molar-refractivity contribution in [2.75, 3.05) is 45.3 Å². The van der Waals surface area contributed by atoms with Crippen molar-refractivity contribution in [2.45, 2.75) is 13.5 Å². The normalized spacial score (nSPS) is 10.5. The van der Waals surface area contributed by atoms with Crippen LogP contribution in [0.2, 0.25) is 0 Å². The molecular weight excluding hydrogens is 273 g/mol. The molecule has 0 heterocycles. The van der Waals surface area contributed by atoms with E-state index in [0.29, 0.717) is 25.4 Å². The van der Waals surface area contributed by atoms with Crippen LogP contribution in [0.25, 0.3) is 0 Å². The molecule has 0 bridgehead atoms. The average Bonchev–Trinajstić information content (AvgIpc) is 2.45. The van der Waals surface area contributed by atoms with Crippen molar-refractivity contribution in [1.82, 2.24) is 10.6 Å². The lowest BCUT2D eigenvalue weighted by atomic mass is 10.1. The number of anilines is 1. The van der Waals surface area contributed by atoms with Gasteiger partial charge >= 0.3 is 0 Å². The summed E-state index contributed by atoms with van der Waals surface area (Å²) in [7, 11) is 3.29. The number of ether oxygens (including phenoxy) is 1. The van der Waals surface area contributed by atoms with Gasteiger partial charge in [0.05, 0.1) is 18.8 Å². The Bertz CT molecular complexity index is 455. The van der Waals surface area contributed by atoms with Crippen molar-refractivity contribution in [2.24, 2.45) is 0 Å². The van der Waals surface area contributed by atoms with Gasteiger partial charge in [0.1, 0.15) is 5.82 Å². The number of nitrogens with one attached hydrogen (secondary N) is 2. The number of carbonyl (C=O) groups excluding carboxylic acids is 1. The molecule has 0 radical (unpaired) electrons. The van der Waals surface area contributed by atoms with Crippen molar-refractivity contribution in [1.29, 1.82) is 0 Å². The smallest absolute Gasteiger partial charge is 0.239 e. The van der Waals surface area contributed by atoms with Gasteiger partial charge in [0, 0.05) is 27.2 Å². The Morgan fingerprint density at radius 3 is 2.86 bits per heavy atom. The Hall–Kier alpha value is -1.66. The van der Waals surface area contributed by atoms with E-state index in [-0.39, 0.29) is 18.3 Å². The molecule has 0 fully saturated rings. The SMILES string of the molecule is CCNCc1cccc(F)c1N(C)CC(=O)NCCOC. The number of nitrogens with zero attached hydrogens (tertiary/aromatic N) is 1. The van der Waals surface area contributed by atoms with Gasteiger partial charge in [-0.3, -0.25) is 4.79 Å². The maximum atomic E-state index is 14.1. The molecule has 1 aromatic carbocycles. The zero-order valence-electron chi connectivity index (χ0n) is 12.9. The number of hydrogen-bond donors (Lipinski definition) is 2.